The molecule has 0 unspecified atom stereocenters. The third kappa shape index (κ3) is 4.94. The van der Waals surface area contributed by atoms with E-state index in [9.17, 15) is 4.79 Å². The Labute approximate surface area is 172 Å². The van der Waals surface area contributed by atoms with Crippen molar-refractivity contribution in [3.05, 3.63) is 90.2 Å². The fourth-order valence-corrected chi connectivity index (χ4v) is 3.53. The van der Waals surface area contributed by atoms with Gasteiger partial charge in [0.15, 0.2) is 10.9 Å². The van der Waals surface area contributed by atoms with Crippen molar-refractivity contribution in [1.82, 2.24) is 14.8 Å². The predicted octanol–water partition coefficient (Wildman–Crippen LogP) is 4.42. The topological polar surface area (TPSA) is 70.2 Å². The molecule has 146 valence electrons. The molecule has 0 N–H and O–H groups in total. The van der Waals surface area contributed by atoms with Crippen LogP contribution in [0.25, 0.3) is 11.6 Å². The first kappa shape index (κ1) is 19.0. The van der Waals surface area contributed by atoms with E-state index in [1.54, 1.807) is 6.26 Å². The Hall–Kier alpha value is -3.32. The van der Waals surface area contributed by atoms with Crippen LogP contribution in [0, 0.1) is 0 Å². The Morgan fingerprint density at radius 2 is 1.66 bits per heavy atom. The van der Waals surface area contributed by atoms with Crippen LogP contribution in [0.5, 0.6) is 0 Å². The van der Waals surface area contributed by atoms with E-state index in [2.05, 4.69) is 10.2 Å². The van der Waals surface area contributed by atoms with Crippen LogP contribution in [-0.4, -0.2) is 26.5 Å². The molecule has 2 aromatic heterocycles. The smallest absolute Gasteiger partial charge is 0.316 e. The number of benzene rings is 2. The van der Waals surface area contributed by atoms with Crippen molar-refractivity contribution in [2.45, 2.75) is 18.3 Å². The number of rotatable bonds is 8. The van der Waals surface area contributed by atoms with Crippen molar-refractivity contribution < 1.29 is 13.9 Å². The number of esters is 1. The number of thioether (sulfide) groups is 1. The molecule has 6 nitrogen and oxygen atoms in total. The molecule has 2 heterocycles. The second kappa shape index (κ2) is 9.25. The number of ether oxygens (including phenoxy) is 1. The third-order valence-electron chi connectivity index (χ3n) is 4.20. The first-order chi connectivity index (χ1) is 14.3. The van der Waals surface area contributed by atoms with Gasteiger partial charge in [0.25, 0.3) is 0 Å². The van der Waals surface area contributed by atoms with E-state index in [1.165, 1.54) is 11.8 Å². The quantitative estimate of drug-likeness (QED) is 0.319. The molecule has 0 aliphatic carbocycles. The van der Waals surface area contributed by atoms with Gasteiger partial charge in [-0.05, 0) is 23.3 Å². The number of nitrogens with zero attached hydrogens (tertiary/aromatic N) is 3. The SMILES string of the molecule is O=C(CSc1nnc(-c2ccco2)n1Cc1ccccc1)OCc1ccccc1. The maximum absolute atomic E-state index is 12.2. The van der Waals surface area contributed by atoms with Crippen molar-refractivity contribution >= 4 is 17.7 Å². The highest BCUT2D eigenvalue weighted by Crippen LogP contribution is 2.25. The highest BCUT2D eigenvalue weighted by Gasteiger charge is 2.18. The van der Waals surface area contributed by atoms with Gasteiger partial charge in [-0.1, -0.05) is 72.4 Å². The minimum atomic E-state index is -0.298. The molecule has 2 aromatic carbocycles. The Morgan fingerprint density at radius 3 is 2.34 bits per heavy atom. The number of carbonyl (C=O) groups excluding carboxylic acids is 1. The predicted molar refractivity (Wildman–Crippen MR) is 110 cm³/mol. The van der Waals surface area contributed by atoms with Crippen LogP contribution in [-0.2, 0) is 22.7 Å². The van der Waals surface area contributed by atoms with Crippen molar-refractivity contribution in [3.63, 3.8) is 0 Å². The fourth-order valence-electron chi connectivity index (χ4n) is 2.80. The summed E-state index contributed by atoms with van der Waals surface area (Å²) in [4.78, 5) is 12.2. The molecular formula is C22H19N3O3S. The van der Waals surface area contributed by atoms with Crippen molar-refractivity contribution in [2.75, 3.05) is 5.75 Å². The molecule has 0 saturated heterocycles. The highest BCUT2D eigenvalue weighted by molar-refractivity contribution is 7.99. The summed E-state index contributed by atoms with van der Waals surface area (Å²) >= 11 is 1.30. The molecule has 29 heavy (non-hydrogen) atoms. The molecule has 0 aliphatic rings. The minimum Gasteiger partial charge on any atom is -0.461 e. The maximum atomic E-state index is 12.2. The summed E-state index contributed by atoms with van der Waals surface area (Å²) < 4.78 is 12.8. The first-order valence-electron chi connectivity index (χ1n) is 9.13. The van der Waals surface area contributed by atoms with Gasteiger partial charge in [0.2, 0.25) is 5.82 Å². The molecule has 0 bridgehead atoms. The fraction of sp³-hybridized carbons (Fsp3) is 0.136. The average molecular weight is 405 g/mol. The van der Waals surface area contributed by atoms with Crippen LogP contribution in [0.4, 0.5) is 0 Å². The number of carbonyl (C=O) groups is 1. The van der Waals surface area contributed by atoms with E-state index < -0.39 is 0 Å². The molecule has 0 saturated carbocycles. The largest absolute Gasteiger partial charge is 0.461 e. The standard InChI is InChI=1S/C22H19N3O3S/c26-20(28-15-18-10-5-2-6-11-18)16-29-22-24-23-21(19-12-7-13-27-19)25(22)14-17-8-3-1-4-9-17/h1-13H,14-16H2. The summed E-state index contributed by atoms with van der Waals surface area (Å²) in [7, 11) is 0. The first-order valence-corrected chi connectivity index (χ1v) is 10.1. The molecular weight excluding hydrogens is 386 g/mol. The zero-order valence-corrected chi connectivity index (χ0v) is 16.4. The van der Waals surface area contributed by atoms with Crippen LogP contribution < -0.4 is 0 Å². The Morgan fingerprint density at radius 1 is 0.931 bits per heavy atom. The monoisotopic (exact) mass is 405 g/mol. The zero-order chi connectivity index (χ0) is 19.9. The summed E-state index contributed by atoms with van der Waals surface area (Å²) in [5.74, 6) is 1.11. The van der Waals surface area contributed by atoms with Gasteiger partial charge in [-0.15, -0.1) is 10.2 Å². The summed E-state index contributed by atoms with van der Waals surface area (Å²) in [6.45, 7) is 0.833. The molecule has 4 rings (SSSR count). The third-order valence-corrected chi connectivity index (χ3v) is 5.14. The molecule has 0 amide bonds. The molecule has 4 aromatic rings. The summed E-state index contributed by atoms with van der Waals surface area (Å²) in [6.07, 6.45) is 1.60. The van der Waals surface area contributed by atoms with Gasteiger partial charge in [-0.2, -0.15) is 0 Å². The van der Waals surface area contributed by atoms with Crippen molar-refractivity contribution in [3.8, 4) is 11.6 Å². The Kier molecular flexibility index (Phi) is 6.07. The average Bonchev–Trinajstić information content (AvgIpc) is 3.42. The molecule has 0 aliphatic heterocycles. The van der Waals surface area contributed by atoms with Crippen LogP contribution in [0.3, 0.4) is 0 Å². The lowest BCUT2D eigenvalue weighted by molar-refractivity contribution is -0.141. The van der Waals surface area contributed by atoms with Gasteiger partial charge in [0.1, 0.15) is 6.61 Å². The molecule has 0 fully saturated rings. The summed E-state index contributed by atoms with van der Waals surface area (Å²) in [5, 5.41) is 9.18. The van der Waals surface area contributed by atoms with Crippen molar-refractivity contribution in [1.29, 1.82) is 0 Å². The number of hydrogen-bond donors (Lipinski definition) is 0. The van der Waals surface area contributed by atoms with Gasteiger partial charge < -0.3 is 9.15 Å². The van der Waals surface area contributed by atoms with Crippen molar-refractivity contribution in [2.24, 2.45) is 0 Å². The van der Waals surface area contributed by atoms with Crippen LogP contribution in [0.1, 0.15) is 11.1 Å². The van der Waals surface area contributed by atoms with Crippen LogP contribution in [0.2, 0.25) is 0 Å². The lowest BCUT2D eigenvalue weighted by Gasteiger charge is -2.09. The second-order valence-corrected chi connectivity index (χ2v) is 7.23. The van der Waals surface area contributed by atoms with Gasteiger partial charge in [0, 0.05) is 0 Å². The van der Waals surface area contributed by atoms with E-state index in [0.717, 1.165) is 11.1 Å². The number of aromatic nitrogens is 3. The van der Waals surface area contributed by atoms with E-state index in [-0.39, 0.29) is 18.3 Å². The lowest BCUT2D eigenvalue weighted by atomic mass is 10.2. The van der Waals surface area contributed by atoms with Crippen LogP contribution in [0.15, 0.2) is 88.6 Å². The van der Waals surface area contributed by atoms with Crippen LogP contribution >= 0.6 is 11.8 Å². The zero-order valence-electron chi connectivity index (χ0n) is 15.6. The minimum absolute atomic E-state index is 0.151. The van der Waals surface area contributed by atoms with E-state index >= 15 is 0 Å². The molecule has 7 heteroatoms. The Balaban J connectivity index is 1.46. The summed E-state index contributed by atoms with van der Waals surface area (Å²) in [6, 6.07) is 23.3. The van der Waals surface area contributed by atoms with E-state index in [4.69, 9.17) is 9.15 Å². The van der Waals surface area contributed by atoms with Gasteiger partial charge in [-0.3, -0.25) is 9.36 Å². The summed E-state index contributed by atoms with van der Waals surface area (Å²) in [5.41, 5.74) is 2.06. The normalized spacial score (nSPS) is 10.8. The number of hydrogen-bond acceptors (Lipinski definition) is 6. The maximum Gasteiger partial charge on any atom is 0.316 e. The molecule has 0 spiro atoms. The van der Waals surface area contributed by atoms with Gasteiger partial charge >= 0.3 is 5.97 Å². The molecule has 0 atom stereocenters. The second-order valence-electron chi connectivity index (χ2n) is 6.29. The molecule has 0 radical (unpaired) electrons. The lowest BCUT2D eigenvalue weighted by Crippen LogP contribution is -2.09. The Bertz CT molecular complexity index is 1050. The number of furan rings is 1. The van der Waals surface area contributed by atoms with E-state index in [1.807, 2.05) is 77.4 Å². The van der Waals surface area contributed by atoms with Gasteiger partial charge in [-0.25, -0.2) is 0 Å². The van der Waals surface area contributed by atoms with E-state index in [0.29, 0.717) is 23.3 Å². The highest BCUT2D eigenvalue weighted by atomic mass is 32.2. The van der Waals surface area contributed by atoms with Gasteiger partial charge in [0.05, 0.1) is 18.6 Å².